The molecule has 1 unspecified atom stereocenters. The number of ketones is 1. The summed E-state index contributed by atoms with van der Waals surface area (Å²) in [5.41, 5.74) is 2.29. The van der Waals surface area contributed by atoms with E-state index in [2.05, 4.69) is 11.9 Å². The molecule has 1 amide bonds. The maximum atomic E-state index is 13.3. The molecule has 0 saturated carbocycles. The van der Waals surface area contributed by atoms with Crippen molar-refractivity contribution in [2.24, 2.45) is 0 Å². The minimum absolute atomic E-state index is 0.000935. The molecule has 1 aliphatic heterocycles. The van der Waals surface area contributed by atoms with Crippen molar-refractivity contribution in [3.63, 3.8) is 0 Å². The molecule has 3 aromatic rings. The molecule has 180 valence electrons. The summed E-state index contributed by atoms with van der Waals surface area (Å²) >= 11 is 6.23. The third-order valence-corrected chi connectivity index (χ3v) is 6.25. The fourth-order valence-corrected chi connectivity index (χ4v) is 4.35. The number of benzene rings is 2. The molecule has 1 aliphatic rings. The highest BCUT2D eigenvalue weighted by Gasteiger charge is 2.47. The van der Waals surface area contributed by atoms with Gasteiger partial charge in [0.15, 0.2) is 0 Å². The fraction of sp³-hybridized carbons (Fsp3) is 0.250. The number of halogens is 1. The van der Waals surface area contributed by atoms with E-state index in [9.17, 15) is 14.7 Å². The van der Waals surface area contributed by atoms with Gasteiger partial charge in [-0.15, -0.1) is 0 Å². The van der Waals surface area contributed by atoms with E-state index in [0.717, 1.165) is 24.8 Å². The number of aryl methyl sites for hydroxylation is 1. The van der Waals surface area contributed by atoms with E-state index in [1.165, 1.54) is 4.90 Å². The van der Waals surface area contributed by atoms with E-state index in [1.54, 1.807) is 67.0 Å². The molecule has 1 N–H and O–H groups in total. The summed E-state index contributed by atoms with van der Waals surface area (Å²) in [6, 6.07) is 14.7. The quantitative estimate of drug-likeness (QED) is 0.175. The third kappa shape index (κ3) is 5.08. The van der Waals surface area contributed by atoms with E-state index in [0.29, 0.717) is 34.2 Å². The van der Waals surface area contributed by atoms with Gasteiger partial charge in [-0.25, -0.2) is 0 Å². The van der Waals surface area contributed by atoms with Crippen LogP contribution in [0.3, 0.4) is 0 Å². The zero-order valence-electron chi connectivity index (χ0n) is 19.7. The van der Waals surface area contributed by atoms with Gasteiger partial charge in [0.05, 0.1) is 18.2 Å². The molecule has 35 heavy (non-hydrogen) atoms. The van der Waals surface area contributed by atoms with Gasteiger partial charge in [0, 0.05) is 28.7 Å². The first-order valence-corrected chi connectivity index (χ1v) is 12.0. The lowest BCUT2D eigenvalue weighted by Gasteiger charge is -2.26. The second-order valence-corrected chi connectivity index (χ2v) is 8.90. The van der Waals surface area contributed by atoms with E-state index in [1.807, 2.05) is 6.92 Å². The van der Waals surface area contributed by atoms with Gasteiger partial charge in [-0.05, 0) is 66.9 Å². The first-order valence-electron chi connectivity index (χ1n) is 11.6. The van der Waals surface area contributed by atoms with Crippen molar-refractivity contribution in [1.82, 2.24) is 4.98 Å². The van der Waals surface area contributed by atoms with E-state index in [4.69, 9.17) is 16.3 Å². The van der Waals surface area contributed by atoms with Crippen LogP contribution in [-0.4, -0.2) is 28.4 Å². The standard InChI is InChI=1S/C28H27ClN2O4/c1-3-4-5-15-35-22-12-9-19(10-13-22)26(32)24-25(20-7-6-14-30-17-20)31(28(34)27(24)33)23-16-21(29)11-8-18(23)2/h6-14,16-17,25,32H,3-5,15H2,1-2H3/b26-24+. The number of nitrogens with zero attached hydrogens (tertiary/aromatic N) is 2. The molecule has 1 saturated heterocycles. The maximum Gasteiger partial charge on any atom is 0.300 e. The van der Waals surface area contributed by atoms with Gasteiger partial charge in [-0.1, -0.05) is 43.5 Å². The molecule has 1 fully saturated rings. The van der Waals surface area contributed by atoms with Gasteiger partial charge in [-0.3, -0.25) is 19.5 Å². The number of aliphatic hydroxyl groups excluding tert-OH is 1. The summed E-state index contributed by atoms with van der Waals surface area (Å²) in [5, 5.41) is 11.7. The Balaban J connectivity index is 1.77. The van der Waals surface area contributed by atoms with Crippen LogP contribution < -0.4 is 9.64 Å². The van der Waals surface area contributed by atoms with Crippen LogP contribution in [0, 0.1) is 6.92 Å². The van der Waals surface area contributed by atoms with Crippen LogP contribution in [0.2, 0.25) is 5.02 Å². The molecule has 4 rings (SSSR count). The van der Waals surface area contributed by atoms with Crippen LogP contribution in [0.25, 0.3) is 5.76 Å². The third-order valence-electron chi connectivity index (χ3n) is 6.02. The van der Waals surface area contributed by atoms with Crippen molar-refractivity contribution in [2.75, 3.05) is 11.5 Å². The molecule has 1 aromatic heterocycles. The number of anilines is 1. The smallest absolute Gasteiger partial charge is 0.300 e. The van der Waals surface area contributed by atoms with Crippen LogP contribution in [0.1, 0.15) is 48.9 Å². The fourth-order valence-electron chi connectivity index (χ4n) is 4.18. The number of hydrogen-bond acceptors (Lipinski definition) is 5. The van der Waals surface area contributed by atoms with Crippen molar-refractivity contribution in [3.8, 4) is 5.75 Å². The lowest BCUT2D eigenvalue weighted by molar-refractivity contribution is -0.132. The Morgan fingerprint density at radius 1 is 1.11 bits per heavy atom. The normalized spacial score (nSPS) is 17.1. The Bertz CT molecular complexity index is 1260. The number of pyridine rings is 1. The highest BCUT2D eigenvalue weighted by Crippen LogP contribution is 2.43. The molecule has 0 spiro atoms. The minimum atomic E-state index is -0.856. The summed E-state index contributed by atoms with van der Waals surface area (Å²) in [7, 11) is 0. The summed E-state index contributed by atoms with van der Waals surface area (Å²) in [4.78, 5) is 32.1. The van der Waals surface area contributed by atoms with Crippen LogP contribution in [0.4, 0.5) is 5.69 Å². The average Bonchev–Trinajstić information content (AvgIpc) is 3.14. The minimum Gasteiger partial charge on any atom is -0.507 e. The van der Waals surface area contributed by atoms with Crippen LogP contribution in [0.15, 0.2) is 72.6 Å². The molecule has 0 bridgehead atoms. The molecule has 7 heteroatoms. The molecule has 2 aromatic carbocycles. The molecule has 0 radical (unpaired) electrons. The van der Waals surface area contributed by atoms with E-state index < -0.39 is 17.7 Å². The first-order chi connectivity index (χ1) is 16.9. The van der Waals surface area contributed by atoms with Crippen molar-refractivity contribution < 1.29 is 19.4 Å². The molecule has 1 atom stereocenters. The number of carbonyl (C=O) groups excluding carboxylic acids is 2. The number of aromatic nitrogens is 1. The Morgan fingerprint density at radius 3 is 2.57 bits per heavy atom. The van der Waals surface area contributed by atoms with Crippen molar-refractivity contribution in [1.29, 1.82) is 0 Å². The maximum absolute atomic E-state index is 13.3. The van der Waals surface area contributed by atoms with Gasteiger partial charge in [-0.2, -0.15) is 0 Å². The monoisotopic (exact) mass is 490 g/mol. The Kier molecular flexibility index (Phi) is 7.51. The number of Topliss-reactive ketones (excluding diaryl/α,β-unsaturated/α-hetero) is 1. The predicted octanol–water partition coefficient (Wildman–Crippen LogP) is 6.24. The summed E-state index contributed by atoms with van der Waals surface area (Å²) in [6.45, 7) is 4.59. The second-order valence-electron chi connectivity index (χ2n) is 8.47. The molecular formula is C28H27ClN2O4. The summed E-state index contributed by atoms with van der Waals surface area (Å²) in [6.07, 6.45) is 6.37. The van der Waals surface area contributed by atoms with Crippen molar-refractivity contribution in [3.05, 3.63) is 94.3 Å². The number of unbranched alkanes of at least 4 members (excludes halogenated alkanes) is 2. The number of carbonyl (C=O) groups is 2. The SMILES string of the molecule is CCCCCOc1ccc(/C(O)=C2\C(=O)C(=O)N(c3cc(Cl)ccc3C)C2c2cccnc2)cc1. The van der Waals surface area contributed by atoms with Crippen LogP contribution in [0.5, 0.6) is 5.75 Å². The zero-order valence-corrected chi connectivity index (χ0v) is 20.5. The zero-order chi connectivity index (χ0) is 24.9. The van der Waals surface area contributed by atoms with Crippen LogP contribution >= 0.6 is 11.6 Å². The second kappa shape index (κ2) is 10.7. The molecular weight excluding hydrogens is 464 g/mol. The van der Waals surface area contributed by atoms with Gasteiger partial charge < -0.3 is 9.84 Å². The first kappa shape index (κ1) is 24.5. The van der Waals surface area contributed by atoms with Gasteiger partial charge in [0.25, 0.3) is 11.7 Å². The largest absolute Gasteiger partial charge is 0.507 e. The van der Waals surface area contributed by atoms with E-state index in [-0.39, 0.29) is 11.3 Å². The number of rotatable bonds is 8. The number of amides is 1. The highest BCUT2D eigenvalue weighted by molar-refractivity contribution is 6.52. The predicted molar refractivity (Wildman–Crippen MR) is 137 cm³/mol. The summed E-state index contributed by atoms with van der Waals surface area (Å²) < 4.78 is 5.75. The molecule has 0 aliphatic carbocycles. The molecule has 2 heterocycles. The number of hydrogen-bond donors (Lipinski definition) is 1. The number of ether oxygens (including phenoxy) is 1. The van der Waals surface area contributed by atoms with Crippen LogP contribution in [-0.2, 0) is 9.59 Å². The Hall–Kier alpha value is -3.64. The summed E-state index contributed by atoms with van der Waals surface area (Å²) in [5.74, 6) is -1.08. The van der Waals surface area contributed by atoms with Crippen molar-refractivity contribution in [2.45, 2.75) is 39.2 Å². The van der Waals surface area contributed by atoms with Gasteiger partial charge in [0.1, 0.15) is 11.5 Å². The lowest BCUT2D eigenvalue weighted by atomic mass is 9.96. The molecule has 6 nitrogen and oxygen atoms in total. The topological polar surface area (TPSA) is 79.7 Å². The van der Waals surface area contributed by atoms with Crippen molar-refractivity contribution >= 4 is 34.7 Å². The average molecular weight is 491 g/mol. The van der Waals surface area contributed by atoms with Gasteiger partial charge >= 0.3 is 0 Å². The number of aliphatic hydroxyl groups is 1. The van der Waals surface area contributed by atoms with E-state index >= 15 is 0 Å². The Labute approximate surface area is 209 Å². The lowest BCUT2D eigenvalue weighted by Crippen LogP contribution is -2.30. The highest BCUT2D eigenvalue weighted by atomic mass is 35.5. The van der Waals surface area contributed by atoms with Gasteiger partial charge in [0.2, 0.25) is 0 Å². The Morgan fingerprint density at radius 2 is 1.89 bits per heavy atom.